The lowest BCUT2D eigenvalue weighted by molar-refractivity contribution is -0.122. The van der Waals surface area contributed by atoms with Crippen molar-refractivity contribution in [3.05, 3.63) is 70.3 Å². The highest BCUT2D eigenvalue weighted by molar-refractivity contribution is 5.84. The van der Waals surface area contributed by atoms with E-state index in [2.05, 4.69) is 56.3 Å². The second-order valence-corrected chi connectivity index (χ2v) is 6.35. The number of hydrogen-bond acceptors (Lipinski definition) is 1. The van der Waals surface area contributed by atoms with E-state index in [1.54, 1.807) is 0 Å². The number of benzene rings is 2. The fourth-order valence-electron chi connectivity index (χ4n) is 3.49. The highest BCUT2D eigenvalue weighted by atomic mass is 16.1. The zero-order valence-electron chi connectivity index (χ0n) is 12.9. The Morgan fingerprint density at radius 2 is 1.71 bits per heavy atom. The SMILES string of the molecule is Cc1cc(C)cc(CC(=O)C2CCc3ccccc3C2)c1. The summed E-state index contributed by atoms with van der Waals surface area (Å²) in [5, 5.41) is 0. The van der Waals surface area contributed by atoms with Crippen LogP contribution in [0.2, 0.25) is 0 Å². The lowest BCUT2D eigenvalue weighted by Crippen LogP contribution is -2.24. The Morgan fingerprint density at radius 3 is 2.43 bits per heavy atom. The number of fused-ring (bicyclic) bond motifs is 1. The van der Waals surface area contributed by atoms with Crippen LogP contribution in [0.4, 0.5) is 0 Å². The van der Waals surface area contributed by atoms with Gasteiger partial charge in [-0.3, -0.25) is 4.79 Å². The van der Waals surface area contributed by atoms with Crippen LogP contribution < -0.4 is 0 Å². The molecule has 0 aliphatic heterocycles. The summed E-state index contributed by atoms with van der Waals surface area (Å²) in [4.78, 5) is 12.6. The van der Waals surface area contributed by atoms with Gasteiger partial charge in [0, 0.05) is 12.3 Å². The quantitative estimate of drug-likeness (QED) is 0.821. The minimum atomic E-state index is 0.195. The molecule has 1 heteroatoms. The first kappa shape index (κ1) is 14.1. The van der Waals surface area contributed by atoms with Gasteiger partial charge in [-0.25, -0.2) is 0 Å². The van der Waals surface area contributed by atoms with Crippen molar-refractivity contribution in [2.24, 2.45) is 5.92 Å². The van der Waals surface area contributed by atoms with E-state index in [4.69, 9.17) is 0 Å². The molecule has 0 saturated heterocycles. The van der Waals surface area contributed by atoms with Gasteiger partial charge in [0.25, 0.3) is 0 Å². The predicted octanol–water partition coefficient (Wildman–Crippen LogP) is 4.22. The average molecular weight is 278 g/mol. The molecule has 1 aliphatic rings. The summed E-state index contributed by atoms with van der Waals surface area (Å²) in [6, 6.07) is 15.0. The summed E-state index contributed by atoms with van der Waals surface area (Å²) in [7, 11) is 0. The van der Waals surface area contributed by atoms with E-state index >= 15 is 0 Å². The fraction of sp³-hybridized carbons (Fsp3) is 0.350. The Hall–Kier alpha value is -1.89. The maximum Gasteiger partial charge on any atom is 0.140 e. The van der Waals surface area contributed by atoms with Gasteiger partial charge >= 0.3 is 0 Å². The summed E-state index contributed by atoms with van der Waals surface area (Å²) in [6.07, 6.45) is 3.54. The lowest BCUT2D eigenvalue weighted by atomic mass is 9.80. The molecule has 0 radical (unpaired) electrons. The molecule has 108 valence electrons. The Labute approximate surface area is 127 Å². The molecule has 1 nitrogen and oxygen atoms in total. The minimum Gasteiger partial charge on any atom is -0.299 e. The van der Waals surface area contributed by atoms with Crippen LogP contribution >= 0.6 is 0 Å². The zero-order chi connectivity index (χ0) is 14.8. The van der Waals surface area contributed by atoms with Crippen LogP contribution in [0.25, 0.3) is 0 Å². The van der Waals surface area contributed by atoms with Gasteiger partial charge < -0.3 is 0 Å². The van der Waals surface area contributed by atoms with Crippen molar-refractivity contribution in [2.75, 3.05) is 0 Å². The molecule has 2 aromatic rings. The standard InChI is InChI=1S/C20H22O/c1-14-9-15(2)11-16(10-14)12-20(21)19-8-7-17-5-3-4-6-18(17)13-19/h3-6,9-11,19H,7-8,12-13H2,1-2H3. The van der Waals surface area contributed by atoms with Crippen molar-refractivity contribution >= 4 is 5.78 Å². The van der Waals surface area contributed by atoms with E-state index in [-0.39, 0.29) is 5.92 Å². The molecule has 2 aromatic carbocycles. The van der Waals surface area contributed by atoms with E-state index in [0.29, 0.717) is 12.2 Å². The Balaban J connectivity index is 1.72. The van der Waals surface area contributed by atoms with E-state index in [0.717, 1.165) is 24.8 Å². The third kappa shape index (κ3) is 3.24. The van der Waals surface area contributed by atoms with Crippen LogP contribution in [0.3, 0.4) is 0 Å². The molecule has 0 aromatic heterocycles. The second-order valence-electron chi connectivity index (χ2n) is 6.35. The van der Waals surface area contributed by atoms with Crippen LogP contribution in [0.15, 0.2) is 42.5 Å². The smallest absolute Gasteiger partial charge is 0.140 e. The molecule has 0 N–H and O–H groups in total. The lowest BCUT2D eigenvalue weighted by Gasteiger charge is -2.23. The van der Waals surface area contributed by atoms with Crippen LogP contribution in [-0.2, 0) is 24.1 Å². The Bertz CT molecular complexity index is 649. The second kappa shape index (κ2) is 5.85. The van der Waals surface area contributed by atoms with Gasteiger partial charge in [-0.15, -0.1) is 0 Å². The van der Waals surface area contributed by atoms with Gasteiger partial charge in [0.05, 0.1) is 0 Å². The molecule has 1 atom stereocenters. The molecule has 1 unspecified atom stereocenters. The third-order valence-corrected chi connectivity index (χ3v) is 4.46. The van der Waals surface area contributed by atoms with Gasteiger partial charge in [-0.1, -0.05) is 53.6 Å². The number of rotatable bonds is 3. The predicted molar refractivity (Wildman–Crippen MR) is 86.6 cm³/mol. The van der Waals surface area contributed by atoms with Crippen LogP contribution in [0.1, 0.15) is 34.2 Å². The summed E-state index contributed by atoms with van der Waals surface area (Å²) in [5.74, 6) is 0.593. The summed E-state index contributed by atoms with van der Waals surface area (Å²) >= 11 is 0. The van der Waals surface area contributed by atoms with Crippen molar-refractivity contribution in [1.82, 2.24) is 0 Å². The largest absolute Gasteiger partial charge is 0.299 e. The average Bonchev–Trinajstić information content (AvgIpc) is 2.45. The van der Waals surface area contributed by atoms with Gasteiger partial charge in [-0.2, -0.15) is 0 Å². The van der Waals surface area contributed by atoms with Gasteiger partial charge in [-0.05, 0) is 49.8 Å². The Kier molecular flexibility index (Phi) is 3.92. The summed E-state index contributed by atoms with van der Waals surface area (Å²) in [5.41, 5.74) is 6.44. The third-order valence-electron chi connectivity index (χ3n) is 4.46. The normalized spacial score (nSPS) is 17.3. The molecule has 0 spiro atoms. The van der Waals surface area contributed by atoms with Crippen molar-refractivity contribution < 1.29 is 4.79 Å². The van der Waals surface area contributed by atoms with E-state index in [1.165, 1.54) is 22.3 Å². The molecule has 0 fully saturated rings. The number of carbonyl (C=O) groups is 1. The van der Waals surface area contributed by atoms with Crippen molar-refractivity contribution in [3.63, 3.8) is 0 Å². The summed E-state index contributed by atoms with van der Waals surface area (Å²) < 4.78 is 0. The van der Waals surface area contributed by atoms with Crippen LogP contribution in [0, 0.1) is 19.8 Å². The monoisotopic (exact) mass is 278 g/mol. The first-order chi connectivity index (χ1) is 10.1. The number of Topliss-reactive ketones (excluding diaryl/α,β-unsaturated/α-hetero) is 1. The fourth-order valence-corrected chi connectivity index (χ4v) is 3.49. The molecule has 0 heterocycles. The minimum absolute atomic E-state index is 0.195. The van der Waals surface area contributed by atoms with E-state index in [9.17, 15) is 4.79 Å². The van der Waals surface area contributed by atoms with Gasteiger partial charge in [0.1, 0.15) is 5.78 Å². The van der Waals surface area contributed by atoms with Crippen molar-refractivity contribution in [2.45, 2.75) is 39.5 Å². The van der Waals surface area contributed by atoms with Crippen LogP contribution in [-0.4, -0.2) is 5.78 Å². The number of aryl methyl sites for hydroxylation is 3. The molecule has 3 rings (SSSR count). The molecular weight excluding hydrogens is 256 g/mol. The van der Waals surface area contributed by atoms with Crippen LogP contribution in [0.5, 0.6) is 0 Å². The first-order valence-corrected chi connectivity index (χ1v) is 7.78. The molecule has 21 heavy (non-hydrogen) atoms. The molecule has 0 bridgehead atoms. The molecule has 0 amide bonds. The van der Waals surface area contributed by atoms with Crippen molar-refractivity contribution in [3.8, 4) is 0 Å². The van der Waals surface area contributed by atoms with E-state index < -0.39 is 0 Å². The molecule has 0 saturated carbocycles. The highest BCUT2D eigenvalue weighted by Crippen LogP contribution is 2.27. The topological polar surface area (TPSA) is 17.1 Å². The molecule has 1 aliphatic carbocycles. The zero-order valence-corrected chi connectivity index (χ0v) is 12.9. The summed E-state index contributed by atoms with van der Waals surface area (Å²) in [6.45, 7) is 4.19. The number of hydrogen-bond donors (Lipinski definition) is 0. The highest BCUT2D eigenvalue weighted by Gasteiger charge is 2.24. The maximum absolute atomic E-state index is 12.6. The number of carbonyl (C=O) groups excluding carboxylic acids is 1. The van der Waals surface area contributed by atoms with Gasteiger partial charge in [0.15, 0.2) is 0 Å². The number of ketones is 1. The van der Waals surface area contributed by atoms with Gasteiger partial charge in [0.2, 0.25) is 0 Å². The maximum atomic E-state index is 12.6. The molecular formula is C20H22O. The first-order valence-electron chi connectivity index (χ1n) is 7.78. The van der Waals surface area contributed by atoms with E-state index in [1.807, 2.05) is 0 Å². The van der Waals surface area contributed by atoms with Crippen molar-refractivity contribution in [1.29, 1.82) is 0 Å². The Morgan fingerprint density at radius 1 is 1.05 bits per heavy atom.